The van der Waals surface area contributed by atoms with Gasteiger partial charge < -0.3 is 14.8 Å². The third-order valence-electron chi connectivity index (χ3n) is 2.27. The highest BCUT2D eigenvalue weighted by Crippen LogP contribution is 2.27. The van der Waals surface area contributed by atoms with Crippen LogP contribution in [0.15, 0.2) is 18.2 Å². The first-order valence-corrected chi connectivity index (χ1v) is 6.15. The van der Waals surface area contributed by atoms with Crippen LogP contribution >= 0.6 is 11.6 Å². The van der Waals surface area contributed by atoms with Gasteiger partial charge in [0.05, 0.1) is 19.4 Å². The van der Waals surface area contributed by atoms with E-state index >= 15 is 0 Å². The molecular formula is C12H12ClFN4O2. The van der Waals surface area contributed by atoms with E-state index in [9.17, 15) is 4.39 Å². The molecule has 0 radical (unpaired) electrons. The summed E-state index contributed by atoms with van der Waals surface area (Å²) in [6.45, 7) is 2.20. The number of aromatic nitrogens is 3. The molecule has 0 amide bonds. The third-order valence-corrected chi connectivity index (χ3v) is 2.44. The number of rotatable bonds is 5. The number of hydrogen-bond acceptors (Lipinski definition) is 6. The van der Waals surface area contributed by atoms with E-state index in [1.54, 1.807) is 6.92 Å². The van der Waals surface area contributed by atoms with Crippen molar-refractivity contribution in [3.63, 3.8) is 0 Å². The van der Waals surface area contributed by atoms with Crippen LogP contribution < -0.4 is 14.8 Å². The second kappa shape index (κ2) is 6.33. The molecule has 0 unspecified atom stereocenters. The van der Waals surface area contributed by atoms with Gasteiger partial charge in [-0.3, -0.25) is 0 Å². The monoisotopic (exact) mass is 298 g/mol. The van der Waals surface area contributed by atoms with Gasteiger partial charge in [-0.1, -0.05) is 0 Å². The molecule has 0 aliphatic heterocycles. The second-order valence-corrected chi connectivity index (χ2v) is 3.95. The molecule has 1 aromatic carbocycles. The van der Waals surface area contributed by atoms with Crippen molar-refractivity contribution in [2.45, 2.75) is 6.92 Å². The SMILES string of the molecule is CCOc1nc(Cl)nc(Nc2ccc(F)cc2OC)n1. The quantitative estimate of drug-likeness (QED) is 0.915. The molecule has 0 fully saturated rings. The Balaban J connectivity index is 2.29. The third kappa shape index (κ3) is 3.45. The minimum atomic E-state index is -0.406. The first-order chi connectivity index (χ1) is 9.62. The minimum Gasteiger partial charge on any atom is -0.494 e. The van der Waals surface area contributed by atoms with E-state index < -0.39 is 5.82 Å². The van der Waals surface area contributed by atoms with Gasteiger partial charge in [0.1, 0.15) is 11.6 Å². The fourth-order valence-corrected chi connectivity index (χ4v) is 1.62. The van der Waals surface area contributed by atoms with E-state index in [-0.39, 0.29) is 17.2 Å². The van der Waals surface area contributed by atoms with Gasteiger partial charge in [0.25, 0.3) is 0 Å². The Labute approximate surface area is 119 Å². The number of benzene rings is 1. The molecule has 6 nitrogen and oxygen atoms in total. The summed E-state index contributed by atoms with van der Waals surface area (Å²) < 4.78 is 23.3. The molecule has 0 atom stereocenters. The maximum absolute atomic E-state index is 13.1. The van der Waals surface area contributed by atoms with Crippen molar-refractivity contribution in [2.75, 3.05) is 19.0 Å². The molecule has 2 aromatic rings. The van der Waals surface area contributed by atoms with Crippen LogP contribution in [0.4, 0.5) is 16.0 Å². The Morgan fingerprint density at radius 2 is 2.10 bits per heavy atom. The molecule has 0 aliphatic rings. The van der Waals surface area contributed by atoms with Crippen LogP contribution in [0.3, 0.4) is 0 Å². The van der Waals surface area contributed by atoms with Crippen molar-refractivity contribution in [3.8, 4) is 11.8 Å². The average Bonchev–Trinajstić information content (AvgIpc) is 2.40. The zero-order valence-corrected chi connectivity index (χ0v) is 11.6. The summed E-state index contributed by atoms with van der Waals surface area (Å²) in [5, 5.41) is 2.86. The van der Waals surface area contributed by atoms with Crippen LogP contribution in [0.5, 0.6) is 11.8 Å². The lowest BCUT2D eigenvalue weighted by atomic mass is 10.3. The molecule has 0 bridgehead atoms. The van der Waals surface area contributed by atoms with E-state index in [0.717, 1.165) is 0 Å². The Bertz CT molecular complexity index is 612. The first kappa shape index (κ1) is 14.3. The van der Waals surface area contributed by atoms with Crippen molar-refractivity contribution in [1.29, 1.82) is 0 Å². The van der Waals surface area contributed by atoms with Crippen molar-refractivity contribution in [2.24, 2.45) is 0 Å². The lowest BCUT2D eigenvalue weighted by molar-refractivity contribution is 0.312. The molecular weight excluding hydrogens is 287 g/mol. The minimum absolute atomic E-state index is 0.00738. The molecule has 0 aliphatic carbocycles. The number of methoxy groups -OCH3 is 1. The second-order valence-electron chi connectivity index (χ2n) is 3.61. The Morgan fingerprint density at radius 1 is 1.30 bits per heavy atom. The van der Waals surface area contributed by atoms with Crippen LogP contribution in [0, 0.1) is 5.82 Å². The molecule has 20 heavy (non-hydrogen) atoms. The molecule has 1 heterocycles. The van der Waals surface area contributed by atoms with Gasteiger partial charge in [-0.25, -0.2) is 4.39 Å². The van der Waals surface area contributed by atoms with Crippen LogP contribution in [-0.2, 0) is 0 Å². The van der Waals surface area contributed by atoms with Crippen LogP contribution in [0.1, 0.15) is 6.92 Å². The maximum Gasteiger partial charge on any atom is 0.322 e. The molecule has 0 saturated heterocycles. The number of ether oxygens (including phenoxy) is 2. The summed E-state index contributed by atoms with van der Waals surface area (Å²) >= 11 is 5.78. The van der Waals surface area contributed by atoms with Gasteiger partial charge >= 0.3 is 6.01 Å². The van der Waals surface area contributed by atoms with E-state index in [1.165, 1.54) is 25.3 Å². The zero-order valence-electron chi connectivity index (χ0n) is 10.9. The number of halogens is 2. The average molecular weight is 299 g/mol. The van der Waals surface area contributed by atoms with Gasteiger partial charge in [0.15, 0.2) is 0 Å². The van der Waals surface area contributed by atoms with Crippen molar-refractivity contribution < 1.29 is 13.9 Å². The molecule has 2 rings (SSSR count). The Hall–Kier alpha value is -2.15. The molecule has 1 N–H and O–H groups in total. The van der Waals surface area contributed by atoms with E-state index in [4.69, 9.17) is 21.1 Å². The standard InChI is InChI=1S/C12H12ClFN4O2/c1-3-20-12-17-10(13)16-11(18-12)15-8-5-4-7(14)6-9(8)19-2/h4-6H,3H2,1-2H3,(H,15,16,17,18). The summed E-state index contributed by atoms with van der Waals surface area (Å²) in [7, 11) is 1.44. The maximum atomic E-state index is 13.1. The predicted molar refractivity (Wildman–Crippen MR) is 72.2 cm³/mol. The molecule has 106 valence electrons. The van der Waals surface area contributed by atoms with Crippen LogP contribution in [-0.4, -0.2) is 28.7 Å². The highest BCUT2D eigenvalue weighted by atomic mass is 35.5. The summed E-state index contributed by atoms with van der Waals surface area (Å²) in [5.41, 5.74) is 0.499. The van der Waals surface area contributed by atoms with Crippen LogP contribution in [0.25, 0.3) is 0 Å². The summed E-state index contributed by atoms with van der Waals surface area (Å²) in [5.74, 6) is 0.0916. The van der Waals surface area contributed by atoms with Gasteiger partial charge in [0, 0.05) is 6.07 Å². The first-order valence-electron chi connectivity index (χ1n) is 5.77. The van der Waals surface area contributed by atoms with Crippen molar-refractivity contribution in [3.05, 3.63) is 29.3 Å². The molecule has 0 spiro atoms. The fourth-order valence-electron chi connectivity index (χ4n) is 1.47. The number of nitrogens with one attached hydrogen (secondary N) is 1. The topological polar surface area (TPSA) is 69.2 Å². The van der Waals surface area contributed by atoms with Gasteiger partial charge in [-0.15, -0.1) is 0 Å². The number of anilines is 2. The number of nitrogens with zero attached hydrogens (tertiary/aromatic N) is 3. The Morgan fingerprint density at radius 3 is 2.80 bits per heavy atom. The fraction of sp³-hybridized carbons (Fsp3) is 0.250. The largest absolute Gasteiger partial charge is 0.494 e. The van der Waals surface area contributed by atoms with Crippen LogP contribution in [0.2, 0.25) is 5.28 Å². The van der Waals surface area contributed by atoms with E-state index in [0.29, 0.717) is 18.0 Å². The molecule has 8 heteroatoms. The van der Waals surface area contributed by atoms with Crippen molar-refractivity contribution in [1.82, 2.24) is 15.0 Å². The summed E-state index contributed by atoms with van der Waals surface area (Å²) in [4.78, 5) is 11.8. The predicted octanol–water partition coefficient (Wildman–Crippen LogP) is 2.82. The lowest BCUT2D eigenvalue weighted by Gasteiger charge is -2.10. The van der Waals surface area contributed by atoms with Crippen molar-refractivity contribution >= 4 is 23.2 Å². The van der Waals surface area contributed by atoms with Gasteiger partial charge in [-0.05, 0) is 30.7 Å². The highest BCUT2D eigenvalue weighted by Gasteiger charge is 2.09. The zero-order chi connectivity index (χ0) is 14.5. The normalized spacial score (nSPS) is 10.2. The Kier molecular flexibility index (Phi) is 4.52. The molecule has 1 aromatic heterocycles. The summed E-state index contributed by atoms with van der Waals surface area (Å²) in [6, 6.07) is 4.15. The number of hydrogen-bond donors (Lipinski definition) is 1. The van der Waals surface area contributed by atoms with Gasteiger partial charge in [0.2, 0.25) is 11.2 Å². The summed E-state index contributed by atoms with van der Waals surface area (Å²) in [6.07, 6.45) is 0. The smallest absolute Gasteiger partial charge is 0.322 e. The lowest BCUT2D eigenvalue weighted by Crippen LogP contribution is -2.04. The van der Waals surface area contributed by atoms with E-state index in [1.807, 2.05) is 0 Å². The van der Waals surface area contributed by atoms with E-state index in [2.05, 4.69) is 20.3 Å². The highest BCUT2D eigenvalue weighted by molar-refractivity contribution is 6.28. The molecule has 0 saturated carbocycles. The van der Waals surface area contributed by atoms with Gasteiger partial charge in [-0.2, -0.15) is 15.0 Å².